The van der Waals surface area contributed by atoms with Crippen LogP contribution < -0.4 is 5.69 Å². The van der Waals surface area contributed by atoms with Crippen LogP contribution in [-0.4, -0.2) is 28.5 Å². The van der Waals surface area contributed by atoms with E-state index in [2.05, 4.69) is 16.3 Å². The minimum Gasteiger partial charge on any atom is -0.385 e. The molecule has 0 saturated heterocycles. The van der Waals surface area contributed by atoms with E-state index in [9.17, 15) is 4.79 Å². The van der Waals surface area contributed by atoms with Gasteiger partial charge in [0.25, 0.3) is 0 Å². The largest absolute Gasteiger partial charge is 0.385 e. The fourth-order valence-corrected chi connectivity index (χ4v) is 2.73. The first-order chi connectivity index (χ1) is 10.2. The molecule has 0 aliphatic carbocycles. The van der Waals surface area contributed by atoms with Gasteiger partial charge in [0.15, 0.2) is 5.16 Å². The third kappa shape index (κ3) is 4.21. The number of aromatic nitrogens is 3. The molecule has 0 saturated carbocycles. The van der Waals surface area contributed by atoms with Gasteiger partial charge in [-0.3, -0.25) is 4.57 Å². The second-order valence-corrected chi connectivity index (χ2v) is 5.35. The number of H-pyrrole nitrogens is 1. The fourth-order valence-electron chi connectivity index (χ4n) is 1.80. The number of hydrogen-bond donors (Lipinski definition) is 1. The van der Waals surface area contributed by atoms with Crippen LogP contribution in [0.3, 0.4) is 0 Å². The smallest absolute Gasteiger partial charge is 0.343 e. The van der Waals surface area contributed by atoms with E-state index >= 15 is 0 Å². The monoisotopic (exact) mass is 304 g/mol. The first-order valence-electron chi connectivity index (χ1n) is 6.50. The van der Waals surface area contributed by atoms with E-state index in [-0.39, 0.29) is 5.69 Å². The Balaban J connectivity index is 1.99. The predicted molar refractivity (Wildman–Crippen MR) is 80.1 cm³/mol. The molecule has 110 valence electrons. The first-order valence-corrected chi connectivity index (χ1v) is 7.49. The normalized spacial score (nSPS) is 10.5. The summed E-state index contributed by atoms with van der Waals surface area (Å²) >= 11 is 1.49. The Bertz CT molecular complexity index is 670. The van der Waals surface area contributed by atoms with Crippen molar-refractivity contribution >= 4 is 11.8 Å². The van der Waals surface area contributed by atoms with Crippen LogP contribution in [0.1, 0.15) is 17.5 Å². The number of nitrogens with one attached hydrogen (secondary N) is 1. The van der Waals surface area contributed by atoms with E-state index in [1.807, 2.05) is 12.1 Å². The average Bonchev–Trinajstić information content (AvgIpc) is 2.87. The summed E-state index contributed by atoms with van der Waals surface area (Å²) in [7, 11) is 1.64. The fraction of sp³-hybridized carbons (Fsp3) is 0.357. The molecule has 2 rings (SSSR count). The zero-order valence-corrected chi connectivity index (χ0v) is 12.5. The number of methoxy groups -OCH3 is 1. The lowest BCUT2D eigenvalue weighted by molar-refractivity contribution is 0.189. The van der Waals surface area contributed by atoms with Crippen molar-refractivity contribution < 1.29 is 4.74 Å². The minimum atomic E-state index is -0.201. The maximum absolute atomic E-state index is 11.7. The van der Waals surface area contributed by atoms with Crippen molar-refractivity contribution in [2.24, 2.45) is 0 Å². The van der Waals surface area contributed by atoms with Crippen LogP contribution in [0.4, 0.5) is 0 Å². The molecule has 1 heterocycles. The van der Waals surface area contributed by atoms with Gasteiger partial charge >= 0.3 is 5.69 Å². The van der Waals surface area contributed by atoms with Crippen LogP contribution in [0, 0.1) is 11.3 Å². The number of nitriles is 1. The standard InChI is InChI=1S/C14H16N4O2S/c1-20-8-2-7-18-13(19)16-17-14(18)21-10-12-5-3-11(9-15)4-6-12/h3-6H,2,7-8,10H2,1H3,(H,16,19). The van der Waals surface area contributed by atoms with Crippen LogP contribution in [0.2, 0.25) is 0 Å². The third-order valence-electron chi connectivity index (χ3n) is 2.90. The molecule has 0 fully saturated rings. The molecule has 0 atom stereocenters. The Morgan fingerprint density at radius 1 is 1.43 bits per heavy atom. The van der Waals surface area contributed by atoms with Gasteiger partial charge in [0, 0.05) is 26.0 Å². The minimum absolute atomic E-state index is 0.201. The molecule has 0 radical (unpaired) electrons. The average molecular weight is 304 g/mol. The highest BCUT2D eigenvalue weighted by atomic mass is 32.2. The van der Waals surface area contributed by atoms with E-state index in [1.54, 1.807) is 23.8 Å². The number of rotatable bonds is 7. The zero-order chi connectivity index (χ0) is 15.1. The second kappa shape index (κ2) is 7.67. The van der Waals surface area contributed by atoms with Crippen molar-refractivity contribution in [3.8, 4) is 6.07 Å². The van der Waals surface area contributed by atoms with E-state index in [4.69, 9.17) is 10.00 Å². The number of nitrogens with zero attached hydrogens (tertiary/aromatic N) is 3. The van der Waals surface area contributed by atoms with Gasteiger partial charge in [0.1, 0.15) is 0 Å². The van der Waals surface area contributed by atoms with E-state index < -0.39 is 0 Å². The van der Waals surface area contributed by atoms with Gasteiger partial charge in [0.05, 0.1) is 11.6 Å². The van der Waals surface area contributed by atoms with Crippen LogP contribution in [-0.2, 0) is 17.0 Å². The highest BCUT2D eigenvalue weighted by Crippen LogP contribution is 2.20. The summed E-state index contributed by atoms with van der Waals surface area (Å²) < 4.78 is 6.61. The summed E-state index contributed by atoms with van der Waals surface area (Å²) in [6.45, 7) is 1.19. The van der Waals surface area contributed by atoms with Crippen molar-refractivity contribution in [1.29, 1.82) is 5.26 Å². The number of benzene rings is 1. The lowest BCUT2D eigenvalue weighted by atomic mass is 10.2. The summed E-state index contributed by atoms with van der Waals surface area (Å²) in [4.78, 5) is 11.7. The summed E-state index contributed by atoms with van der Waals surface area (Å²) in [6, 6.07) is 9.47. The van der Waals surface area contributed by atoms with Gasteiger partial charge in [-0.25, -0.2) is 9.89 Å². The maximum atomic E-state index is 11.7. The molecule has 0 bridgehead atoms. The van der Waals surface area contributed by atoms with Gasteiger partial charge in [-0.05, 0) is 24.1 Å². The van der Waals surface area contributed by atoms with Crippen molar-refractivity contribution in [3.05, 3.63) is 45.9 Å². The molecule has 2 aromatic rings. The Labute approximate surface area is 126 Å². The molecule has 6 nitrogen and oxygen atoms in total. The molecule has 1 aromatic carbocycles. The molecule has 0 unspecified atom stereocenters. The Kier molecular flexibility index (Phi) is 5.60. The highest BCUT2D eigenvalue weighted by molar-refractivity contribution is 7.98. The summed E-state index contributed by atoms with van der Waals surface area (Å²) in [6.07, 6.45) is 0.764. The summed E-state index contributed by atoms with van der Waals surface area (Å²) in [5.74, 6) is 0.695. The zero-order valence-electron chi connectivity index (χ0n) is 11.7. The highest BCUT2D eigenvalue weighted by Gasteiger charge is 2.08. The van der Waals surface area contributed by atoms with Crippen molar-refractivity contribution in [2.75, 3.05) is 13.7 Å². The van der Waals surface area contributed by atoms with Crippen molar-refractivity contribution in [3.63, 3.8) is 0 Å². The predicted octanol–water partition coefficient (Wildman–Crippen LogP) is 1.77. The molecule has 1 N–H and O–H groups in total. The molecule has 7 heteroatoms. The van der Waals surface area contributed by atoms with Crippen LogP contribution in [0.25, 0.3) is 0 Å². The topological polar surface area (TPSA) is 83.7 Å². The molecular formula is C14H16N4O2S. The lowest BCUT2D eigenvalue weighted by Gasteiger charge is -2.05. The molecular weight excluding hydrogens is 288 g/mol. The molecule has 0 spiro atoms. The van der Waals surface area contributed by atoms with Gasteiger partial charge in [-0.15, -0.1) is 5.10 Å². The van der Waals surface area contributed by atoms with Crippen LogP contribution in [0.15, 0.2) is 34.2 Å². The third-order valence-corrected chi connectivity index (χ3v) is 3.95. The molecule has 1 aromatic heterocycles. The number of aromatic amines is 1. The first kappa shape index (κ1) is 15.4. The molecule has 0 aliphatic heterocycles. The van der Waals surface area contributed by atoms with Crippen molar-refractivity contribution in [1.82, 2.24) is 14.8 Å². The summed E-state index contributed by atoms with van der Waals surface area (Å²) in [5, 5.41) is 15.9. The van der Waals surface area contributed by atoms with Crippen molar-refractivity contribution in [2.45, 2.75) is 23.9 Å². The van der Waals surface area contributed by atoms with Gasteiger partial charge in [-0.1, -0.05) is 23.9 Å². The molecule has 0 aliphatic rings. The maximum Gasteiger partial charge on any atom is 0.343 e. The Hall–Kier alpha value is -2.04. The quantitative estimate of drug-likeness (QED) is 0.622. The Morgan fingerprint density at radius 3 is 2.86 bits per heavy atom. The number of ether oxygens (including phenoxy) is 1. The molecule has 21 heavy (non-hydrogen) atoms. The summed E-state index contributed by atoms with van der Waals surface area (Å²) in [5.41, 5.74) is 1.52. The van der Waals surface area contributed by atoms with Gasteiger partial charge < -0.3 is 4.74 Å². The van der Waals surface area contributed by atoms with E-state index in [1.165, 1.54) is 11.8 Å². The van der Waals surface area contributed by atoms with E-state index in [0.717, 1.165) is 12.0 Å². The lowest BCUT2D eigenvalue weighted by Crippen LogP contribution is -2.18. The number of thioether (sulfide) groups is 1. The Morgan fingerprint density at radius 2 is 2.19 bits per heavy atom. The van der Waals surface area contributed by atoms with Gasteiger partial charge in [-0.2, -0.15) is 5.26 Å². The second-order valence-electron chi connectivity index (χ2n) is 4.41. The van der Waals surface area contributed by atoms with Crippen LogP contribution in [0.5, 0.6) is 0 Å². The SMILES string of the molecule is COCCCn1c(SCc2ccc(C#N)cc2)n[nH]c1=O. The van der Waals surface area contributed by atoms with E-state index in [0.29, 0.717) is 29.6 Å². The van der Waals surface area contributed by atoms with Gasteiger partial charge in [0.2, 0.25) is 0 Å². The number of hydrogen-bond acceptors (Lipinski definition) is 5. The molecule has 0 amide bonds. The van der Waals surface area contributed by atoms with Crippen LogP contribution >= 0.6 is 11.8 Å².